The summed E-state index contributed by atoms with van der Waals surface area (Å²) in [5.74, 6) is -6.41. The number of ether oxygens (including phenoxy) is 3. The van der Waals surface area contributed by atoms with Gasteiger partial charge >= 0.3 is 11.9 Å². The van der Waals surface area contributed by atoms with E-state index in [1.54, 1.807) is 11.3 Å². The first kappa shape index (κ1) is 34.3. The third kappa shape index (κ3) is 8.79. The van der Waals surface area contributed by atoms with E-state index in [1.807, 2.05) is 0 Å². The van der Waals surface area contributed by atoms with Crippen molar-refractivity contribution < 1.29 is 54.4 Å². The molecule has 0 radical (unpaired) electrons. The van der Waals surface area contributed by atoms with Crippen molar-refractivity contribution >= 4 is 39.2 Å². The van der Waals surface area contributed by atoms with Crippen LogP contribution in [0.2, 0.25) is 0 Å². The number of aliphatic hydroxyl groups excluding tert-OH is 1. The molecule has 4 aromatic carbocycles. The second-order valence-corrected chi connectivity index (χ2v) is 10.9. The number of phenols is 5. The lowest BCUT2D eigenvalue weighted by Crippen LogP contribution is -2.11. The average molecular weight is 665 g/mol. The number of carbonyl (C=O) groups is 2. The molecular weight excluding hydrogens is 632 g/mol. The first-order valence-electron chi connectivity index (χ1n) is 14.0. The SMILES string of the molecule is COC(=O)c1cc(O)c(O)c(OC(=O)c2cc(O)c(O)c(O)c2)c1.Cc1ccc2nc(-c3ccc(NCCOCCO)cc3)sc2c1. The van der Waals surface area contributed by atoms with E-state index in [9.17, 15) is 35.1 Å². The number of aromatic nitrogens is 1. The van der Waals surface area contributed by atoms with Gasteiger partial charge in [0.05, 0.1) is 48.3 Å². The molecular formula is C33H32N2O11S. The van der Waals surface area contributed by atoms with E-state index >= 15 is 0 Å². The Labute approximate surface area is 272 Å². The number of aromatic hydroxyl groups is 5. The van der Waals surface area contributed by atoms with Gasteiger partial charge in [0.15, 0.2) is 28.7 Å². The third-order valence-corrected chi connectivity index (χ3v) is 7.54. The van der Waals surface area contributed by atoms with Gasteiger partial charge in [-0.15, -0.1) is 11.3 Å². The molecule has 0 saturated heterocycles. The Hall–Kier alpha value is -5.57. The summed E-state index contributed by atoms with van der Waals surface area (Å²) in [5, 5.41) is 60.2. The van der Waals surface area contributed by atoms with Crippen LogP contribution in [0.3, 0.4) is 0 Å². The lowest BCUT2D eigenvalue weighted by atomic mass is 10.1. The summed E-state index contributed by atoms with van der Waals surface area (Å²) < 4.78 is 15.7. The standard InChI is InChI=1S/C18H20N2O2S.C15H12O9/c1-13-2-7-16-17(12-13)23-18(20-16)14-3-5-15(6-4-14)19-8-10-22-11-9-21;1-23-14(21)7-4-10(18)13(20)11(5-7)24-15(22)6-2-8(16)12(19)9(17)3-6/h2-7,12,19,21H,8-11H2,1H3;2-5,16-20H,1H3. The molecule has 13 nitrogen and oxygen atoms in total. The maximum Gasteiger partial charge on any atom is 0.343 e. The Morgan fingerprint density at radius 1 is 0.809 bits per heavy atom. The molecule has 5 aromatic rings. The van der Waals surface area contributed by atoms with E-state index < -0.39 is 46.4 Å². The molecule has 0 bridgehead atoms. The minimum atomic E-state index is -1.14. The van der Waals surface area contributed by atoms with E-state index in [1.165, 1.54) is 10.3 Å². The smallest absolute Gasteiger partial charge is 0.343 e. The van der Waals surface area contributed by atoms with Crippen molar-refractivity contribution in [2.24, 2.45) is 0 Å². The molecule has 0 aliphatic rings. The quantitative estimate of drug-likeness (QED) is 0.0459. The topological polar surface area (TPSA) is 208 Å². The van der Waals surface area contributed by atoms with E-state index in [4.69, 9.17) is 19.6 Å². The first-order chi connectivity index (χ1) is 22.5. The number of nitrogens with one attached hydrogen (secondary N) is 1. The molecule has 7 N–H and O–H groups in total. The van der Waals surface area contributed by atoms with Gasteiger partial charge in [0, 0.05) is 17.8 Å². The molecule has 0 amide bonds. The molecule has 0 fully saturated rings. The number of fused-ring (bicyclic) bond motifs is 1. The first-order valence-corrected chi connectivity index (χ1v) is 14.8. The van der Waals surface area contributed by atoms with Crippen LogP contribution in [0, 0.1) is 6.92 Å². The summed E-state index contributed by atoms with van der Waals surface area (Å²) in [4.78, 5) is 28.2. The number of hydrogen-bond donors (Lipinski definition) is 7. The number of nitrogens with zero attached hydrogens (tertiary/aromatic N) is 1. The number of carbonyl (C=O) groups excluding carboxylic acids is 2. The van der Waals surface area contributed by atoms with E-state index in [0.717, 1.165) is 59.7 Å². The fourth-order valence-electron chi connectivity index (χ4n) is 4.11. The number of aryl methyl sites for hydroxylation is 1. The Kier molecular flexibility index (Phi) is 11.4. The number of thiazole rings is 1. The number of rotatable bonds is 10. The highest BCUT2D eigenvalue weighted by atomic mass is 32.1. The molecule has 1 heterocycles. The predicted molar refractivity (Wildman–Crippen MR) is 174 cm³/mol. The third-order valence-electron chi connectivity index (χ3n) is 6.47. The Balaban J connectivity index is 0.000000213. The molecule has 0 atom stereocenters. The van der Waals surface area contributed by atoms with Gasteiger partial charge in [0.2, 0.25) is 5.75 Å². The van der Waals surface area contributed by atoms with Crippen LogP contribution < -0.4 is 10.1 Å². The molecule has 14 heteroatoms. The summed E-state index contributed by atoms with van der Waals surface area (Å²) in [6, 6.07) is 18.1. The predicted octanol–water partition coefficient (Wildman–Crippen LogP) is 4.91. The van der Waals surface area contributed by atoms with Crippen LogP contribution in [0.25, 0.3) is 20.8 Å². The molecule has 0 spiro atoms. The van der Waals surface area contributed by atoms with E-state index in [-0.39, 0.29) is 17.7 Å². The summed E-state index contributed by atoms with van der Waals surface area (Å²) in [7, 11) is 1.10. The molecule has 47 heavy (non-hydrogen) atoms. The van der Waals surface area contributed by atoms with Crippen molar-refractivity contribution in [2.75, 3.05) is 38.8 Å². The van der Waals surface area contributed by atoms with Crippen LogP contribution in [0.4, 0.5) is 5.69 Å². The Morgan fingerprint density at radius 2 is 1.45 bits per heavy atom. The summed E-state index contributed by atoms with van der Waals surface area (Å²) >= 11 is 1.72. The van der Waals surface area contributed by atoms with Gasteiger partial charge in [-0.1, -0.05) is 6.07 Å². The van der Waals surface area contributed by atoms with Crippen molar-refractivity contribution in [1.29, 1.82) is 0 Å². The van der Waals surface area contributed by atoms with E-state index in [2.05, 4.69) is 59.4 Å². The number of phenolic OH excluding ortho intramolecular Hbond substituents is 5. The van der Waals surface area contributed by atoms with Crippen LogP contribution in [0.5, 0.6) is 34.5 Å². The highest BCUT2D eigenvalue weighted by Crippen LogP contribution is 2.39. The fourth-order valence-corrected chi connectivity index (χ4v) is 5.18. The summed E-state index contributed by atoms with van der Waals surface area (Å²) in [6.45, 7) is 3.86. The number of anilines is 1. The normalized spacial score (nSPS) is 10.6. The molecule has 5 rings (SSSR count). The van der Waals surface area contributed by atoms with Gasteiger partial charge in [-0.3, -0.25) is 0 Å². The van der Waals surface area contributed by atoms with Crippen molar-refractivity contribution in [3.05, 3.63) is 83.4 Å². The zero-order chi connectivity index (χ0) is 34.1. The van der Waals surface area contributed by atoms with Gasteiger partial charge < -0.3 is 50.2 Å². The minimum absolute atomic E-state index is 0.0659. The largest absolute Gasteiger partial charge is 0.504 e. The zero-order valence-corrected chi connectivity index (χ0v) is 26.1. The molecule has 0 saturated carbocycles. The molecule has 0 unspecified atom stereocenters. The van der Waals surface area contributed by atoms with Crippen LogP contribution in [-0.2, 0) is 9.47 Å². The van der Waals surface area contributed by atoms with Gasteiger partial charge in [0.1, 0.15) is 5.01 Å². The highest BCUT2D eigenvalue weighted by molar-refractivity contribution is 7.21. The van der Waals surface area contributed by atoms with Crippen LogP contribution in [0.15, 0.2) is 66.7 Å². The summed E-state index contributed by atoms with van der Waals surface area (Å²) in [5.41, 5.74) is 3.95. The van der Waals surface area contributed by atoms with Crippen LogP contribution in [-0.4, -0.2) is 81.0 Å². The maximum atomic E-state index is 12.0. The number of esters is 2. The number of benzene rings is 4. The number of methoxy groups -OCH3 is 1. The minimum Gasteiger partial charge on any atom is -0.504 e. The van der Waals surface area contributed by atoms with Gasteiger partial charge in [-0.05, 0) is 73.2 Å². The second-order valence-electron chi connectivity index (χ2n) is 9.92. The van der Waals surface area contributed by atoms with Gasteiger partial charge in [-0.25, -0.2) is 14.6 Å². The average Bonchev–Trinajstić information content (AvgIpc) is 3.48. The molecule has 1 aromatic heterocycles. The summed E-state index contributed by atoms with van der Waals surface area (Å²) in [6.07, 6.45) is 0. The Bertz CT molecular complexity index is 1850. The lowest BCUT2D eigenvalue weighted by molar-refractivity contribution is 0.0596. The molecule has 0 aliphatic heterocycles. The van der Waals surface area contributed by atoms with Crippen LogP contribution in [0.1, 0.15) is 26.3 Å². The van der Waals surface area contributed by atoms with Crippen molar-refractivity contribution in [3.63, 3.8) is 0 Å². The van der Waals surface area contributed by atoms with Gasteiger partial charge in [-0.2, -0.15) is 0 Å². The number of hydrogen-bond acceptors (Lipinski definition) is 14. The zero-order valence-electron chi connectivity index (χ0n) is 25.3. The highest BCUT2D eigenvalue weighted by Gasteiger charge is 2.20. The van der Waals surface area contributed by atoms with E-state index in [0.29, 0.717) is 13.2 Å². The van der Waals surface area contributed by atoms with Gasteiger partial charge in [0.25, 0.3) is 0 Å². The lowest BCUT2D eigenvalue weighted by Gasteiger charge is -2.10. The van der Waals surface area contributed by atoms with Crippen molar-refractivity contribution in [3.8, 4) is 45.1 Å². The molecule has 0 aliphatic carbocycles. The van der Waals surface area contributed by atoms with Crippen molar-refractivity contribution in [2.45, 2.75) is 6.92 Å². The van der Waals surface area contributed by atoms with Crippen LogP contribution >= 0.6 is 11.3 Å². The maximum absolute atomic E-state index is 12.0. The monoisotopic (exact) mass is 664 g/mol. The van der Waals surface area contributed by atoms with Crippen molar-refractivity contribution in [1.82, 2.24) is 4.98 Å². The second kappa shape index (κ2) is 15.6. The Morgan fingerprint density at radius 3 is 2.09 bits per heavy atom. The molecule has 246 valence electrons. The fraction of sp³-hybridized carbons (Fsp3) is 0.182. The number of aliphatic hydroxyl groups is 1.